The van der Waals surface area contributed by atoms with Crippen LogP contribution in [-0.4, -0.2) is 11.2 Å². The van der Waals surface area contributed by atoms with Crippen molar-refractivity contribution < 1.29 is 5.11 Å². The van der Waals surface area contributed by atoms with E-state index < -0.39 is 0 Å². The summed E-state index contributed by atoms with van der Waals surface area (Å²) in [6.07, 6.45) is 4.85. The lowest BCUT2D eigenvalue weighted by Gasteiger charge is -2.11. The largest absolute Gasteiger partial charge is 0.393 e. The van der Waals surface area contributed by atoms with Crippen LogP contribution in [0.4, 0.5) is 0 Å². The third kappa shape index (κ3) is 3.31. The van der Waals surface area contributed by atoms with Gasteiger partial charge in [0.15, 0.2) is 0 Å². The van der Waals surface area contributed by atoms with Gasteiger partial charge < -0.3 is 5.11 Å². The summed E-state index contributed by atoms with van der Waals surface area (Å²) < 4.78 is 0. The molecule has 0 aliphatic rings. The second kappa shape index (κ2) is 4.57. The molecule has 0 rings (SSSR count). The molecule has 0 aromatic heterocycles. The lowest BCUT2D eigenvalue weighted by molar-refractivity contribution is 0.147. The average molecular weight is 128 g/mol. The van der Waals surface area contributed by atoms with Crippen LogP contribution < -0.4 is 0 Å². The van der Waals surface area contributed by atoms with Gasteiger partial charge in [0.2, 0.25) is 0 Å². The van der Waals surface area contributed by atoms with Crippen molar-refractivity contribution in [3.8, 4) is 0 Å². The Morgan fingerprint density at radius 1 is 1.56 bits per heavy atom. The maximum Gasteiger partial charge on any atom is 0.0574 e. The first-order valence-electron chi connectivity index (χ1n) is 3.53. The molecule has 9 heavy (non-hydrogen) atoms. The van der Waals surface area contributed by atoms with E-state index in [1.165, 1.54) is 0 Å². The van der Waals surface area contributed by atoms with Crippen LogP contribution in [0.15, 0.2) is 12.2 Å². The van der Waals surface area contributed by atoms with Crippen molar-refractivity contribution in [2.24, 2.45) is 5.92 Å². The Morgan fingerprint density at radius 3 is 2.22 bits per heavy atom. The SMILES string of the molecule is C/C=C/C(CC)C(C)O. The molecular weight excluding hydrogens is 112 g/mol. The summed E-state index contributed by atoms with van der Waals surface area (Å²) in [4.78, 5) is 0. The minimum Gasteiger partial charge on any atom is -0.393 e. The molecule has 0 aromatic carbocycles. The summed E-state index contributed by atoms with van der Waals surface area (Å²) in [5.41, 5.74) is 0. The normalized spacial score (nSPS) is 18.2. The van der Waals surface area contributed by atoms with E-state index in [9.17, 15) is 0 Å². The third-order valence-corrected chi connectivity index (χ3v) is 1.53. The second-order valence-corrected chi connectivity index (χ2v) is 2.34. The topological polar surface area (TPSA) is 20.2 Å². The lowest BCUT2D eigenvalue weighted by atomic mass is 10.0. The molecule has 0 aromatic rings. The van der Waals surface area contributed by atoms with Crippen LogP contribution in [0.3, 0.4) is 0 Å². The van der Waals surface area contributed by atoms with Crippen LogP contribution >= 0.6 is 0 Å². The van der Waals surface area contributed by atoms with Gasteiger partial charge in [-0.1, -0.05) is 19.1 Å². The van der Waals surface area contributed by atoms with Gasteiger partial charge in [-0.15, -0.1) is 0 Å². The Hall–Kier alpha value is -0.300. The molecule has 0 fully saturated rings. The molecule has 0 radical (unpaired) electrons. The zero-order valence-electron chi connectivity index (χ0n) is 6.46. The smallest absolute Gasteiger partial charge is 0.0574 e. The molecule has 1 N–H and O–H groups in total. The Morgan fingerprint density at radius 2 is 2.11 bits per heavy atom. The van der Waals surface area contributed by atoms with Gasteiger partial charge in [0.1, 0.15) is 0 Å². The van der Waals surface area contributed by atoms with Crippen LogP contribution in [-0.2, 0) is 0 Å². The minimum atomic E-state index is -0.203. The van der Waals surface area contributed by atoms with E-state index in [-0.39, 0.29) is 6.10 Å². The molecule has 0 amide bonds. The molecule has 1 nitrogen and oxygen atoms in total. The molecule has 0 bridgehead atoms. The standard InChI is InChI=1S/C8H16O/c1-4-6-8(5-2)7(3)9/h4,6-9H,5H2,1-3H3/b6-4+. The summed E-state index contributed by atoms with van der Waals surface area (Å²) in [6.45, 7) is 5.89. The fourth-order valence-corrected chi connectivity index (χ4v) is 0.885. The fraction of sp³-hybridized carbons (Fsp3) is 0.750. The van der Waals surface area contributed by atoms with Crippen molar-refractivity contribution in [2.45, 2.75) is 33.3 Å². The van der Waals surface area contributed by atoms with Gasteiger partial charge >= 0.3 is 0 Å². The van der Waals surface area contributed by atoms with Crippen molar-refractivity contribution in [2.75, 3.05) is 0 Å². The minimum absolute atomic E-state index is 0.203. The first kappa shape index (κ1) is 8.70. The molecule has 0 spiro atoms. The summed E-state index contributed by atoms with van der Waals surface area (Å²) in [5.74, 6) is 0.343. The van der Waals surface area contributed by atoms with Gasteiger partial charge in [-0.3, -0.25) is 0 Å². The van der Waals surface area contributed by atoms with Crippen LogP contribution in [0.5, 0.6) is 0 Å². The molecular formula is C8H16O. The number of hydrogen-bond acceptors (Lipinski definition) is 1. The fourth-order valence-electron chi connectivity index (χ4n) is 0.885. The predicted molar refractivity (Wildman–Crippen MR) is 40.3 cm³/mol. The summed E-state index contributed by atoms with van der Waals surface area (Å²) >= 11 is 0. The van der Waals surface area contributed by atoms with Gasteiger partial charge in [0.05, 0.1) is 6.10 Å². The van der Waals surface area contributed by atoms with Crippen LogP contribution in [0.1, 0.15) is 27.2 Å². The average Bonchev–Trinajstić information content (AvgIpc) is 1.82. The van der Waals surface area contributed by atoms with E-state index in [2.05, 4.69) is 6.92 Å². The molecule has 0 saturated carbocycles. The molecule has 54 valence electrons. The van der Waals surface area contributed by atoms with E-state index in [0.717, 1.165) is 6.42 Å². The number of aliphatic hydroxyl groups is 1. The molecule has 0 heterocycles. The Bertz CT molecular complexity index is 84.6. The quantitative estimate of drug-likeness (QED) is 0.576. The van der Waals surface area contributed by atoms with E-state index in [1.807, 2.05) is 26.0 Å². The Kier molecular flexibility index (Phi) is 4.41. The summed E-state index contributed by atoms with van der Waals surface area (Å²) in [7, 11) is 0. The van der Waals surface area contributed by atoms with E-state index >= 15 is 0 Å². The first-order chi connectivity index (χ1) is 4.22. The first-order valence-corrected chi connectivity index (χ1v) is 3.53. The number of rotatable bonds is 3. The highest BCUT2D eigenvalue weighted by Gasteiger charge is 2.06. The summed E-state index contributed by atoms with van der Waals surface area (Å²) in [5, 5.41) is 9.09. The zero-order chi connectivity index (χ0) is 7.28. The lowest BCUT2D eigenvalue weighted by Crippen LogP contribution is -2.12. The highest BCUT2D eigenvalue weighted by atomic mass is 16.3. The van der Waals surface area contributed by atoms with Crippen molar-refractivity contribution in [3.05, 3.63) is 12.2 Å². The number of allylic oxidation sites excluding steroid dienone is 1. The third-order valence-electron chi connectivity index (χ3n) is 1.53. The van der Waals surface area contributed by atoms with Gasteiger partial charge in [0, 0.05) is 5.92 Å². The molecule has 0 aliphatic carbocycles. The van der Waals surface area contributed by atoms with Crippen molar-refractivity contribution in [1.82, 2.24) is 0 Å². The van der Waals surface area contributed by atoms with Gasteiger partial charge in [-0.25, -0.2) is 0 Å². The van der Waals surface area contributed by atoms with Gasteiger partial charge in [-0.05, 0) is 20.3 Å². The summed E-state index contributed by atoms with van der Waals surface area (Å²) in [6, 6.07) is 0. The van der Waals surface area contributed by atoms with Crippen LogP contribution in [0.2, 0.25) is 0 Å². The van der Waals surface area contributed by atoms with E-state index in [0.29, 0.717) is 5.92 Å². The highest BCUT2D eigenvalue weighted by Crippen LogP contribution is 2.09. The molecule has 2 atom stereocenters. The molecule has 0 aliphatic heterocycles. The Balaban J connectivity index is 3.68. The monoisotopic (exact) mass is 128 g/mol. The van der Waals surface area contributed by atoms with Crippen molar-refractivity contribution >= 4 is 0 Å². The van der Waals surface area contributed by atoms with Crippen molar-refractivity contribution in [3.63, 3.8) is 0 Å². The van der Waals surface area contributed by atoms with E-state index in [4.69, 9.17) is 5.11 Å². The van der Waals surface area contributed by atoms with E-state index in [1.54, 1.807) is 0 Å². The van der Waals surface area contributed by atoms with Gasteiger partial charge in [0.25, 0.3) is 0 Å². The zero-order valence-corrected chi connectivity index (χ0v) is 6.46. The molecule has 2 unspecified atom stereocenters. The second-order valence-electron chi connectivity index (χ2n) is 2.34. The molecule has 0 saturated heterocycles. The van der Waals surface area contributed by atoms with Crippen LogP contribution in [0, 0.1) is 5.92 Å². The maximum atomic E-state index is 9.09. The maximum absolute atomic E-state index is 9.09. The Labute approximate surface area is 57.4 Å². The highest BCUT2D eigenvalue weighted by molar-refractivity contribution is 4.87. The van der Waals surface area contributed by atoms with Crippen LogP contribution in [0.25, 0.3) is 0 Å². The number of hydrogen-bond donors (Lipinski definition) is 1. The van der Waals surface area contributed by atoms with Gasteiger partial charge in [-0.2, -0.15) is 0 Å². The van der Waals surface area contributed by atoms with Crippen molar-refractivity contribution in [1.29, 1.82) is 0 Å². The number of aliphatic hydroxyl groups excluding tert-OH is 1. The molecule has 1 heteroatoms. The predicted octanol–water partition coefficient (Wildman–Crippen LogP) is 1.97.